The lowest BCUT2D eigenvalue weighted by atomic mass is 10.1. The Morgan fingerprint density at radius 1 is 1.53 bits per heavy atom. The van der Waals surface area contributed by atoms with Gasteiger partial charge in [0.1, 0.15) is 0 Å². The molecular formula is C14H18ClNO3. The van der Waals surface area contributed by atoms with Crippen molar-refractivity contribution in [3.05, 3.63) is 28.8 Å². The molecular weight excluding hydrogens is 266 g/mol. The van der Waals surface area contributed by atoms with E-state index in [1.165, 1.54) is 0 Å². The highest BCUT2D eigenvalue weighted by molar-refractivity contribution is 6.34. The van der Waals surface area contributed by atoms with Gasteiger partial charge < -0.3 is 14.7 Å². The summed E-state index contributed by atoms with van der Waals surface area (Å²) in [5, 5.41) is 9.68. The molecule has 0 spiro atoms. The Kier molecular flexibility index (Phi) is 4.66. The molecule has 5 heteroatoms. The molecule has 1 fully saturated rings. The highest BCUT2D eigenvalue weighted by atomic mass is 35.5. The second-order valence-corrected chi connectivity index (χ2v) is 5.22. The number of hydrogen-bond donors (Lipinski definition) is 1. The summed E-state index contributed by atoms with van der Waals surface area (Å²) in [5.74, 6) is -0.964. The topological polar surface area (TPSA) is 49.8 Å². The summed E-state index contributed by atoms with van der Waals surface area (Å²) < 4.78 is 5.68. The third-order valence-corrected chi connectivity index (χ3v) is 3.66. The molecule has 1 aromatic carbocycles. The fourth-order valence-electron chi connectivity index (χ4n) is 2.42. The van der Waals surface area contributed by atoms with E-state index in [0.29, 0.717) is 17.3 Å². The van der Waals surface area contributed by atoms with Crippen molar-refractivity contribution in [1.29, 1.82) is 0 Å². The number of para-hydroxylation sites is 1. The molecule has 0 saturated carbocycles. The molecule has 0 aromatic heterocycles. The Bertz CT molecular complexity index is 458. The van der Waals surface area contributed by atoms with Gasteiger partial charge in [-0.2, -0.15) is 0 Å². The zero-order valence-electron chi connectivity index (χ0n) is 10.9. The van der Waals surface area contributed by atoms with Crippen LogP contribution >= 0.6 is 11.6 Å². The van der Waals surface area contributed by atoms with E-state index >= 15 is 0 Å². The summed E-state index contributed by atoms with van der Waals surface area (Å²) in [6.07, 6.45) is 3.42. The predicted octanol–water partition coefficient (Wildman–Crippen LogP) is 3.04. The number of ether oxygens (including phenoxy) is 1. The maximum atomic E-state index is 11.3. The molecule has 1 aliphatic heterocycles. The fourth-order valence-corrected chi connectivity index (χ4v) is 2.74. The van der Waals surface area contributed by atoms with Gasteiger partial charge in [0.15, 0.2) is 0 Å². The van der Waals surface area contributed by atoms with Crippen molar-refractivity contribution in [2.75, 3.05) is 25.1 Å². The van der Waals surface area contributed by atoms with Crippen LogP contribution in [0.5, 0.6) is 0 Å². The molecule has 1 aliphatic rings. The van der Waals surface area contributed by atoms with E-state index in [1.807, 2.05) is 11.9 Å². The van der Waals surface area contributed by atoms with E-state index < -0.39 is 5.97 Å². The lowest BCUT2D eigenvalue weighted by Crippen LogP contribution is -2.34. The Hall–Kier alpha value is -1.26. The average Bonchev–Trinajstić information content (AvgIpc) is 2.39. The third-order valence-electron chi connectivity index (χ3n) is 3.35. The van der Waals surface area contributed by atoms with Gasteiger partial charge >= 0.3 is 5.97 Å². The smallest absolute Gasteiger partial charge is 0.337 e. The third kappa shape index (κ3) is 3.39. The number of carbonyl (C=O) groups is 1. The molecule has 104 valence electrons. The Balaban J connectivity index is 2.17. The van der Waals surface area contributed by atoms with Gasteiger partial charge in [-0.05, 0) is 31.4 Å². The van der Waals surface area contributed by atoms with Gasteiger partial charge in [-0.25, -0.2) is 4.79 Å². The summed E-state index contributed by atoms with van der Waals surface area (Å²) in [4.78, 5) is 13.1. The molecule has 1 N–H and O–H groups in total. The SMILES string of the molecule is CN(CC1CCCCO1)c1c(Cl)cccc1C(=O)O. The predicted molar refractivity (Wildman–Crippen MR) is 75.3 cm³/mol. The quantitative estimate of drug-likeness (QED) is 0.923. The van der Waals surface area contributed by atoms with Gasteiger partial charge in [-0.3, -0.25) is 0 Å². The largest absolute Gasteiger partial charge is 0.478 e. The molecule has 19 heavy (non-hydrogen) atoms. The van der Waals surface area contributed by atoms with E-state index in [1.54, 1.807) is 18.2 Å². The first-order valence-corrected chi connectivity index (χ1v) is 6.82. The number of anilines is 1. The van der Waals surface area contributed by atoms with Crippen LogP contribution in [0.25, 0.3) is 0 Å². The lowest BCUT2D eigenvalue weighted by molar-refractivity contribution is 0.0215. The van der Waals surface area contributed by atoms with Crippen molar-refractivity contribution in [2.24, 2.45) is 0 Å². The Labute approximate surface area is 117 Å². The van der Waals surface area contributed by atoms with Gasteiger partial charge in [0, 0.05) is 20.2 Å². The first-order chi connectivity index (χ1) is 9.09. The number of likely N-dealkylation sites (N-methyl/N-ethyl adjacent to an activating group) is 1. The summed E-state index contributed by atoms with van der Waals surface area (Å²) in [5.41, 5.74) is 0.789. The van der Waals surface area contributed by atoms with E-state index in [4.69, 9.17) is 16.3 Å². The van der Waals surface area contributed by atoms with Gasteiger partial charge in [0.2, 0.25) is 0 Å². The fraction of sp³-hybridized carbons (Fsp3) is 0.500. The van der Waals surface area contributed by atoms with E-state index in [-0.39, 0.29) is 11.7 Å². The minimum Gasteiger partial charge on any atom is -0.478 e. The molecule has 1 aromatic rings. The van der Waals surface area contributed by atoms with Crippen LogP contribution in [0.1, 0.15) is 29.6 Å². The second-order valence-electron chi connectivity index (χ2n) is 4.81. The summed E-state index contributed by atoms with van der Waals surface area (Å²) >= 11 is 6.14. The number of nitrogens with zero attached hydrogens (tertiary/aromatic N) is 1. The van der Waals surface area contributed by atoms with Gasteiger partial charge in [0.05, 0.1) is 22.4 Å². The molecule has 4 nitrogen and oxygen atoms in total. The number of hydrogen-bond acceptors (Lipinski definition) is 3. The van der Waals surface area contributed by atoms with Crippen LogP contribution in [0, 0.1) is 0 Å². The van der Waals surface area contributed by atoms with Crippen LogP contribution in [-0.2, 0) is 4.74 Å². The second kappa shape index (κ2) is 6.26. The summed E-state index contributed by atoms with van der Waals surface area (Å²) in [6, 6.07) is 4.93. The van der Waals surface area contributed by atoms with Gasteiger partial charge in [-0.1, -0.05) is 17.7 Å². The molecule has 0 amide bonds. The minimum absolute atomic E-state index is 0.150. The molecule has 0 radical (unpaired) electrons. The highest BCUT2D eigenvalue weighted by Crippen LogP contribution is 2.30. The highest BCUT2D eigenvalue weighted by Gasteiger charge is 2.21. The summed E-state index contributed by atoms with van der Waals surface area (Å²) in [7, 11) is 1.85. The Morgan fingerprint density at radius 2 is 2.32 bits per heavy atom. The van der Waals surface area contributed by atoms with Crippen LogP contribution in [0.3, 0.4) is 0 Å². The molecule has 0 aliphatic carbocycles. The molecule has 2 rings (SSSR count). The van der Waals surface area contributed by atoms with Crippen LogP contribution in [0.15, 0.2) is 18.2 Å². The van der Waals surface area contributed by atoms with E-state index in [9.17, 15) is 9.90 Å². The van der Waals surface area contributed by atoms with Crippen LogP contribution in [-0.4, -0.2) is 37.4 Å². The number of carboxylic acid groups (broad SMARTS) is 1. The lowest BCUT2D eigenvalue weighted by Gasteiger charge is -2.29. The summed E-state index contributed by atoms with van der Waals surface area (Å²) in [6.45, 7) is 1.44. The maximum Gasteiger partial charge on any atom is 0.337 e. The van der Waals surface area contributed by atoms with Crippen molar-refractivity contribution in [1.82, 2.24) is 0 Å². The van der Waals surface area contributed by atoms with Crippen molar-refractivity contribution in [3.63, 3.8) is 0 Å². The maximum absolute atomic E-state index is 11.3. The molecule has 0 bridgehead atoms. The van der Waals surface area contributed by atoms with E-state index in [2.05, 4.69) is 0 Å². The number of benzene rings is 1. The first-order valence-electron chi connectivity index (χ1n) is 6.44. The zero-order chi connectivity index (χ0) is 13.8. The van der Waals surface area contributed by atoms with Crippen LogP contribution < -0.4 is 4.90 Å². The molecule has 1 saturated heterocycles. The molecule has 1 unspecified atom stereocenters. The molecule has 1 atom stereocenters. The minimum atomic E-state index is -0.964. The Morgan fingerprint density at radius 3 is 2.95 bits per heavy atom. The van der Waals surface area contributed by atoms with Crippen molar-refractivity contribution >= 4 is 23.3 Å². The van der Waals surface area contributed by atoms with Crippen LogP contribution in [0.4, 0.5) is 5.69 Å². The first kappa shape index (κ1) is 14.2. The zero-order valence-corrected chi connectivity index (χ0v) is 11.7. The van der Waals surface area contributed by atoms with Crippen molar-refractivity contribution in [3.8, 4) is 0 Å². The van der Waals surface area contributed by atoms with Crippen LogP contribution in [0.2, 0.25) is 5.02 Å². The normalized spacial score (nSPS) is 19.2. The van der Waals surface area contributed by atoms with Crippen molar-refractivity contribution < 1.29 is 14.6 Å². The number of rotatable bonds is 4. The van der Waals surface area contributed by atoms with Gasteiger partial charge in [0.25, 0.3) is 0 Å². The van der Waals surface area contributed by atoms with Gasteiger partial charge in [-0.15, -0.1) is 0 Å². The standard InChI is InChI=1S/C14H18ClNO3/c1-16(9-10-5-2-3-8-19-10)13-11(14(17)18)6-4-7-12(13)15/h4,6-7,10H,2-3,5,8-9H2,1H3,(H,17,18). The monoisotopic (exact) mass is 283 g/mol. The number of halogens is 1. The number of aromatic carboxylic acids is 1. The van der Waals surface area contributed by atoms with Crippen molar-refractivity contribution in [2.45, 2.75) is 25.4 Å². The number of carboxylic acids is 1. The molecule has 1 heterocycles. The average molecular weight is 284 g/mol. The van der Waals surface area contributed by atoms with E-state index in [0.717, 1.165) is 25.9 Å².